The Labute approximate surface area is 114 Å². The lowest BCUT2D eigenvalue weighted by molar-refractivity contribution is -0.123. The molecule has 0 saturated heterocycles. The van der Waals surface area contributed by atoms with Crippen LogP contribution in [0.1, 0.15) is 32.8 Å². The number of ether oxygens (including phenoxy) is 1. The molecule has 0 aliphatic rings. The molecule has 0 unspecified atom stereocenters. The zero-order chi connectivity index (χ0) is 14.3. The van der Waals surface area contributed by atoms with Gasteiger partial charge >= 0.3 is 0 Å². The molecule has 4 heteroatoms. The summed E-state index contributed by atoms with van der Waals surface area (Å²) in [5.74, 6) is 0.454. The standard InChI is InChI=1S/C15H20N2O2/c1-4-15(2,3)11-17-14(18)10-19-13-7-5-12(9-16)6-8-13/h5-8H,4,10-11H2,1-3H3,(H,17,18). The van der Waals surface area contributed by atoms with E-state index in [0.717, 1.165) is 6.42 Å². The van der Waals surface area contributed by atoms with Gasteiger partial charge in [-0.1, -0.05) is 20.8 Å². The van der Waals surface area contributed by atoms with Crippen LogP contribution in [0.5, 0.6) is 5.75 Å². The molecule has 0 aliphatic carbocycles. The summed E-state index contributed by atoms with van der Waals surface area (Å²) in [4.78, 5) is 11.6. The van der Waals surface area contributed by atoms with Gasteiger partial charge in [0.1, 0.15) is 5.75 Å². The Morgan fingerprint density at radius 3 is 2.53 bits per heavy atom. The maximum Gasteiger partial charge on any atom is 0.257 e. The highest BCUT2D eigenvalue weighted by Gasteiger charge is 2.16. The number of rotatable bonds is 6. The fourth-order valence-corrected chi connectivity index (χ4v) is 1.29. The van der Waals surface area contributed by atoms with Gasteiger partial charge in [0.2, 0.25) is 0 Å². The monoisotopic (exact) mass is 260 g/mol. The van der Waals surface area contributed by atoms with E-state index in [1.807, 2.05) is 6.07 Å². The van der Waals surface area contributed by atoms with Crippen molar-refractivity contribution in [3.63, 3.8) is 0 Å². The minimum atomic E-state index is -0.133. The predicted octanol–water partition coefficient (Wildman–Crippen LogP) is 2.49. The van der Waals surface area contributed by atoms with Crippen molar-refractivity contribution in [3.05, 3.63) is 29.8 Å². The Hall–Kier alpha value is -2.02. The highest BCUT2D eigenvalue weighted by molar-refractivity contribution is 5.77. The van der Waals surface area contributed by atoms with Crippen LogP contribution in [0, 0.1) is 16.7 Å². The van der Waals surface area contributed by atoms with E-state index in [4.69, 9.17) is 10.00 Å². The van der Waals surface area contributed by atoms with Crippen LogP contribution in [0.2, 0.25) is 0 Å². The minimum Gasteiger partial charge on any atom is -0.484 e. The van der Waals surface area contributed by atoms with Crippen molar-refractivity contribution >= 4 is 5.91 Å². The largest absolute Gasteiger partial charge is 0.484 e. The number of nitrogens with zero attached hydrogens (tertiary/aromatic N) is 1. The van der Waals surface area contributed by atoms with Gasteiger partial charge in [-0.25, -0.2) is 0 Å². The number of carbonyl (C=O) groups excluding carboxylic acids is 1. The van der Waals surface area contributed by atoms with E-state index in [1.54, 1.807) is 24.3 Å². The molecule has 0 heterocycles. The first-order valence-corrected chi connectivity index (χ1v) is 6.36. The number of hydrogen-bond acceptors (Lipinski definition) is 3. The van der Waals surface area contributed by atoms with Crippen molar-refractivity contribution in [2.24, 2.45) is 5.41 Å². The lowest BCUT2D eigenvalue weighted by atomic mass is 9.90. The Morgan fingerprint density at radius 2 is 2.00 bits per heavy atom. The van der Waals surface area contributed by atoms with Crippen LogP contribution in [0.3, 0.4) is 0 Å². The van der Waals surface area contributed by atoms with Crippen molar-refractivity contribution in [3.8, 4) is 11.8 Å². The summed E-state index contributed by atoms with van der Waals surface area (Å²) in [6, 6.07) is 8.71. The predicted molar refractivity (Wildman–Crippen MR) is 73.7 cm³/mol. The van der Waals surface area contributed by atoms with Crippen molar-refractivity contribution < 1.29 is 9.53 Å². The van der Waals surface area contributed by atoms with Crippen LogP contribution in [0.25, 0.3) is 0 Å². The van der Waals surface area contributed by atoms with E-state index in [-0.39, 0.29) is 17.9 Å². The minimum absolute atomic E-state index is 0.00824. The van der Waals surface area contributed by atoms with E-state index < -0.39 is 0 Å². The van der Waals surface area contributed by atoms with Crippen molar-refractivity contribution in [1.82, 2.24) is 5.32 Å². The number of benzene rings is 1. The van der Waals surface area contributed by atoms with Gasteiger partial charge < -0.3 is 10.1 Å². The van der Waals surface area contributed by atoms with Crippen molar-refractivity contribution in [2.75, 3.05) is 13.2 Å². The van der Waals surface area contributed by atoms with Gasteiger partial charge in [-0.3, -0.25) is 4.79 Å². The number of hydrogen-bond donors (Lipinski definition) is 1. The molecule has 0 fully saturated rings. The third-order valence-corrected chi connectivity index (χ3v) is 3.07. The average Bonchev–Trinajstić information content (AvgIpc) is 2.43. The molecule has 19 heavy (non-hydrogen) atoms. The second kappa shape index (κ2) is 6.79. The second-order valence-electron chi connectivity index (χ2n) is 5.22. The van der Waals surface area contributed by atoms with E-state index in [2.05, 4.69) is 26.1 Å². The molecule has 0 bridgehead atoms. The highest BCUT2D eigenvalue weighted by Crippen LogP contribution is 2.17. The van der Waals surface area contributed by atoms with Gasteiger partial charge in [-0.2, -0.15) is 5.26 Å². The first-order valence-electron chi connectivity index (χ1n) is 6.36. The normalized spacial score (nSPS) is 10.6. The van der Waals surface area contributed by atoms with E-state index in [9.17, 15) is 4.79 Å². The van der Waals surface area contributed by atoms with Crippen LogP contribution in [0.4, 0.5) is 0 Å². The van der Waals surface area contributed by atoms with Gasteiger partial charge in [-0.05, 0) is 36.1 Å². The molecule has 0 aromatic heterocycles. The summed E-state index contributed by atoms with van der Waals surface area (Å²) in [7, 11) is 0. The lowest BCUT2D eigenvalue weighted by Crippen LogP contribution is -2.36. The van der Waals surface area contributed by atoms with Crippen LogP contribution in [-0.4, -0.2) is 19.1 Å². The molecule has 1 aromatic rings. The van der Waals surface area contributed by atoms with Crippen LogP contribution in [0.15, 0.2) is 24.3 Å². The first-order chi connectivity index (χ1) is 8.96. The average molecular weight is 260 g/mol. The van der Waals surface area contributed by atoms with Gasteiger partial charge in [0, 0.05) is 6.54 Å². The molecule has 0 atom stereocenters. The maximum atomic E-state index is 11.6. The van der Waals surface area contributed by atoms with Gasteiger partial charge in [0.25, 0.3) is 5.91 Å². The van der Waals surface area contributed by atoms with Crippen molar-refractivity contribution in [1.29, 1.82) is 5.26 Å². The Kier molecular flexibility index (Phi) is 5.37. The zero-order valence-corrected chi connectivity index (χ0v) is 11.7. The molecule has 4 nitrogen and oxygen atoms in total. The fraction of sp³-hybridized carbons (Fsp3) is 0.467. The Bertz CT molecular complexity index is 458. The molecule has 0 spiro atoms. The number of carbonyl (C=O) groups is 1. The third kappa shape index (κ3) is 5.43. The topological polar surface area (TPSA) is 62.1 Å². The van der Waals surface area contributed by atoms with Crippen molar-refractivity contribution in [2.45, 2.75) is 27.2 Å². The summed E-state index contributed by atoms with van der Waals surface area (Å²) < 4.78 is 5.34. The van der Waals surface area contributed by atoms with Crippen LogP contribution >= 0.6 is 0 Å². The summed E-state index contributed by atoms with van der Waals surface area (Å²) in [6.07, 6.45) is 1.00. The first kappa shape index (κ1) is 15.0. The quantitative estimate of drug-likeness (QED) is 0.854. The highest BCUT2D eigenvalue weighted by atomic mass is 16.5. The lowest BCUT2D eigenvalue weighted by Gasteiger charge is -2.22. The molecule has 1 aromatic carbocycles. The third-order valence-electron chi connectivity index (χ3n) is 3.07. The van der Waals surface area contributed by atoms with E-state index >= 15 is 0 Å². The van der Waals surface area contributed by atoms with Gasteiger partial charge in [0.15, 0.2) is 6.61 Å². The molecule has 0 radical (unpaired) electrons. The second-order valence-corrected chi connectivity index (χ2v) is 5.22. The number of amides is 1. The smallest absolute Gasteiger partial charge is 0.257 e. The number of nitrogens with one attached hydrogen (secondary N) is 1. The SMILES string of the molecule is CCC(C)(C)CNC(=O)COc1ccc(C#N)cc1. The van der Waals surface area contributed by atoms with Gasteiger partial charge in [-0.15, -0.1) is 0 Å². The maximum absolute atomic E-state index is 11.6. The summed E-state index contributed by atoms with van der Waals surface area (Å²) in [5, 5.41) is 11.5. The molecular formula is C15H20N2O2. The zero-order valence-electron chi connectivity index (χ0n) is 11.7. The Morgan fingerprint density at radius 1 is 1.37 bits per heavy atom. The van der Waals surface area contributed by atoms with E-state index in [1.165, 1.54) is 0 Å². The number of nitriles is 1. The summed E-state index contributed by atoms with van der Waals surface area (Å²) >= 11 is 0. The molecule has 0 aliphatic heterocycles. The molecule has 1 N–H and O–H groups in total. The van der Waals surface area contributed by atoms with E-state index in [0.29, 0.717) is 17.9 Å². The van der Waals surface area contributed by atoms with Crippen LogP contribution in [-0.2, 0) is 4.79 Å². The molecular weight excluding hydrogens is 240 g/mol. The fourth-order valence-electron chi connectivity index (χ4n) is 1.29. The van der Waals surface area contributed by atoms with Gasteiger partial charge in [0.05, 0.1) is 11.6 Å². The summed E-state index contributed by atoms with van der Waals surface area (Å²) in [6.45, 7) is 6.94. The Balaban J connectivity index is 2.36. The summed E-state index contributed by atoms with van der Waals surface area (Å²) in [5.41, 5.74) is 0.672. The molecule has 102 valence electrons. The van der Waals surface area contributed by atoms with Crippen LogP contribution < -0.4 is 10.1 Å². The molecule has 1 rings (SSSR count). The molecule has 1 amide bonds. The molecule has 0 saturated carbocycles.